The maximum absolute atomic E-state index is 13.1. The van der Waals surface area contributed by atoms with Crippen LogP contribution in [0.1, 0.15) is 52.9 Å². The molecule has 1 heterocycles. The van der Waals surface area contributed by atoms with Crippen molar-refractivity contribution in [1.82, 2.24) is 10.3 Å². The molecule has 0 bridgehead atoms. The molecule has 1 saturated carbocycles. The first kappa shape index (κ1) is 16.4. The van der Waals surface area contributed by atoms with E-state index in [1.54, 1.807) is 0 Å². The van der Waals surface area contributed by atoms with Crippen LogP contribution in [0.2, 0.25) is 0 Å². The van der Waals surface area contributed by atoms with Gasteiger partial charge in [0.25, 0.3) is 5.91 Å². The number of primary amides is 1. The van der Waals surface area contributed by atoms with Crippen LogP contribution in [-0.4, -0.2) is 22.3 Å². The van der Waals surface area contributed by atoms with Gasteiger partial charge in [-0.1, -0.05) is 24.5 Å². The molecular weight excluding hydrogens is 302 g/mol. The zero-order valence-corrected chi connectivity index (χ0v) is 14.4. The third kappa shape index (κ3) is 2.64. The summed E-state index contributed by atoms with van der Waals surface area (Å²) >= 11 is 0. The molecule has 1 aromatic heterocycles. The molecule has 24 heavy (non-hydrogen) atoms. The first-order valence-corrected chi connectivity index (χ1v) is 8.34. The minimum Gasteiger partial charge on any atom is -0.368 e. The van der Waals surface area contributed by atoms with Gasteiger partial charge < -0.3 is 11.1 Å². The fraction of sp³-hybridized carbons (Fsp3) is 0.421. The number of carbonyl (C=O) groups is 2. The first-order chi connectivity index (χ1) is 11.3. The van der Waals surface area contributed by atoms with Crippen LogP contribution in [0, 0.1) is 20.8 Å². The van der Waals surface area contributed by atoms with Crippen LogP contribution in [0.4, 0.5) is 0 Å². The molecule has 0 atom stereocenters. The molecule has 3 N–H and O–H groups in total. The maximum atomic E-state index is 13.1. The topological polar surface area (TPSA) is 85.1 Å². The monoisotopic (exact) mass is 325 g/mol. The van der Waals surface area contributed by atoms with E-state index in [-0.39, 0.29) is 5.91 Å². The van der Waals surface area contributed by atoms with Gasteiger partial charge in [-0.3, -0.25) is 14.6 Å². The standard InChI is InChI=1S/C19H23N3O2/c1-11-6-7-15-14(10-11)16(12(2)13(3)21-15)17(23)22-19(18(20)24)8-4-5-9-19/h6-7,10H,4-5,8-9H2,1-3H3,(H2,20,24)(H,22,23). The van der Waals surface area contributed by atoms with E-state index in [0.29, 0.717) is 18.4 Å². The number of nitrogens with zero attached hydrogens (tertiary/aromatic N) is 1. The highest BCUT2D eigenvalue weighted by atomic mass is 16.2. The van der Waals surface area contributed by atoms with Crippen molar-refractivity contribution in [2.24, 2.45) is 5.73 Å². The smallest absolute Gasteiger partial charge is 0.253 e. The number of hydrogen-bond donors (Lipinski definition) is 2. The highest BCUT2D eigenvalue weighted by molar-refractivity contribution is 6.09. The number of aromatic nitrogens is 1. The summed E-state index contributed by atoms with van der Waals surface area (Å²) in [7, 11) is 0. The van der Waals surface area contributed by atoms with Crippen molar-refractivity contribution in [3.8, 4) is 0 Å². The van der Waals surface area contributed by atoms with Crippen molar-refractivity contribution in [2.75, 3.05) is 0 Å². The summed E-state index contributed by atoms with van der Waals surface area (Å²) in [5, 5.41) is 3.76. The lowest BCUT2D eigenvalue weighted by molar-refractivity contribution is -0.123. The van der Waals surface area contributed by atoms with Crippen LogP contribution < -0.4 is 11.1 Å². The van der Waals surface area contributed by atoms with Gasteiger partial charge in [0.2, 0.25) is 5.91 Å². The van der Waals surface area contributed by atoms with E-state index in [1.165, 1.54) is 0 Å². The molecule has 0 spiro atoms. The normalized spacial score (nSPS) is 16.3. The molecule has 5 nitrogen and oxygen atoms in total. The Morgan fingerprint density at radius 1 is 1.17 bits per heavy atom. The minimum atomic E-state index is -0.920. The van der Waals surface area contributed by atoms with Gasteiger partial charge >= 0.3 is 0 Å². The lowest BCUT2D eigenvalue weighted by Gasteiger charge is -2.27. The Morgan fingerprint density at radius 3 is 2.46 bits per heavy atom. The average Bonchev–Trinajstić information content (AvgIpc) is 2.99. The van der Waals surface area contributed by atoms with Gasteiger partial charge in [-0.25, -0.2) is 0 Å². The van der Waals surface area contributed by atoms with Crippen molar-refractivity contribution < 1.29 is 9.59 Å². The van der Waals surface area contributed by atoms with Crippen molar-refractivity contribution in [3.63, 3.8) is 0 Å². The maximum Gasteiger partial charge on any atom is 0.253 e. The highest BCUT2D eigenvalue weighted by Gasteiger charge is 2.41. The van der Waals surface area contributed by atoms with E-state index in [4.69, 9.17) is 5.73 Å². The quantitative estimate of drug-likeness (QED) is 0.910. The number of nitrogens with two attached hydrogens (primary N) is 1. The van der Waals surface area contributed by atoms with Crippen LogP contribution in [0.25, 0.3) is 10.9 Å². The van der Waals surface area contributed by atoms with E-state index in [9.17, 15) is 9.59 Å². The highest BCUT2D eigenvalue weighted by Crippen LogP contribution is 2.31. The first-order valence-electron chi connectivity index (χ1n) is 8.34. The Labute approximate surface area is 141 Å². The fourth-order valence-electron chi connectivity index (χ4n) is 3.58. The van der Waals surface area contributed by atoms with Crippen LogP contribution in [0.3, 0.4) is 0 Å². The van der Waals surface area contributed by atoms with Crippen LogP contribution in [-0.2, 0) is 4.79 Å². The lowest BCUT2D eigenvalue weighted by Crippen LogP contribution is -2.55. The number of pyridine rings is 1. The molecule has 1 aliphatic rings. The minimum absolute atomic E-state index is 0.241. The zero-order valence-electron chi connectivity index (χ0n) is 14.4. The molecule has 0 radical (unpaired) electrons. The number of hydrogen-bond acceptors (Lipinski definition) is 3. The van der Waals surface area contributed by atoms with Gasteiger partial charge in [0, 0.05) is 11.1 Å². The molecule has 0 aliphatic heterocycles. The molecular formula is C19H23N3O2. The fourth-order valence-corrected chi connectivity index (χ4v) is 3.58. The van der Waals surface area contributed by atoms with Crippen LogP contribution >= 0.6 is 0 Å². The van der Waals surface area contributed by atoms with Gasteiger partial charge in [0.15, 0.2) is 0 Å². The number of amides is 2. The molecule has 2 aromatic rings. The number of fused-ring (bicyclic) bond motifs is 1. The van der Waals surface area contributed by atoms with E-state index < -0.39 is 11.4 Å². The van der Waals surface area contributed by atoms with E-state index in [0.717, 1.165) is 40.6 Å². The Bertz CT molecular complexity index is 836. The molecule has 1 fully saturated rings. The predicted molar refractivity (Wildman–Crippen MR) is 93.8 cm³/mol. The third-order valence-corrected chi connectivity index (χ3v) is 5.14. The van der Waals surface area contributed by atoms with E-state index in [1.807, 2.05) is 39.0 Å². The van der Waals surface area contributed by atoms with Crippen molar-refractivity contribution in [3.05, 3.63) is 40.6 Å². The summed E-state index contributed by atoms with van der Waals surface area (Å²) in [4.78, 5) is 29.6. The van der Waals surface area contributed by atoms with Crippen LogP contribution in [0.15, 0.2) is 18.2 Å². The third-order valence-electron chi connectivity index (χ3n) is 5.14. The second-order valence-electron chi connectivity index (χ2n) is 6.83. The largest absolute Gasteiger partial charge is 0.368 e. The van der Waals surface area contributed by atoms with Crippen molar-refractivity contribution in [1.29, 1.82) is 0 Å². The molecule has 3 rings (SSSR count). The Hall–Kier alpha value is -2.43. The molecule has 1 aromatic carbocycles. The van der Waals surface area contributed by atoms with Gasteiger partial charge in [-0.15, -0.1) is 0 Å². The SMILES string of the molecule is Cc1ccc2nc(C)c(C)c(C(=O)NC3(C(N)=O)CCCC3)c2c1. The summed E-state index contributed by atoms with van der Waals surface area (Å²) < 4.78 is 0. The number of benzene rings is 1. The molecule has 5 heteroatoms. The summed E-state index contributed by atoms with van der Waals surface area (Å²) in [6.07, 6.45) is 3.01. The molecule has 0 saturated heterocycles. The molecule has 1 aliphatic carbocycles. The van der Waals surface area contributed by atoms with E-state index >= 15 is 0 Å². The number of aryl methyl sites for hydroxylation is 2. The average molecular weight is 325 g/mol. The van der Waals surface area contributed by atoms with Gasteiger partial charge in [0.05, 0.1) is 11.1 Å². The van der Waals surface area contributed by atoms with Gasteiger partial charge in [-0.2, -0.15) is 0 Å². The Kier molecular flexibility index (Phi) is 4.03. The second kappa shape index (κ2) is 5.89. The second-order valence-corrected chi connectivity index (χ2v) is 6.83. The zero-order chi connectivity index (χ0) is 17.5. The Morgan fingerprint density at radius 2 is 1.83 bits per heavy atom. The lowest BCUT2D eigenvalue weighted by atomic mass is 9.94. The number of carbonyl (C=O) groups excluding carboxylic acids is 2. The summed E-state index contributed by atoms with van der Waals surface area (Å²) in [5.41, 5.74) is 8.77. The number of nitrogens with one attached hydrogen (secondary N) is 1. The molecule has 2 amide bonds. The summed E-state index contributed by atoms with van der Waals surface area (Å²) in [6, 6.07) is 5.87. The molecule has 126 valence electrons. The van der Waals surface area contributed by atoms with Gasteiger partial charge in [-0.05, 0) is 51.3 Å². The van der Waals surface area contributed by atoms with Crippen molar-refractivity contribution in [2.45, 2.75) is 52.0 Å². The summed E-state index contributed by atoms with van der Waals surface area (Å²) in [5.74, 6) is -0.688. The Balaban J connectivity index is 2.11. The predicted octanol–water partition coefficient (Wildman–Crippen LogP) is 2.69. The van der Waals surface area contributed by atoms with E-state index in [2.05, 4.69) is 10.3 Å². The van der Waals surface area contributed by atoms with Gasteiger partial charge in [0.1, 0.15) is 5.54 Å². The van der Waals surface area contributed by atoms with Crippen LogP contribution in [0.5, 0.6) is 0 Å². The molecule has 0 unspecified atom stereocenters. The number of rotatable bonds is 3. The van der Waals surface area contributed by atoms with Crippen molar-refractivity contribution >= 4 is 22.7 Å². The summed E-state index contributed by atoms with van der Waals surface area (Å²) in [6.45, 7) is 5.77.